The normalized spacial score (nSPS) is 21.6. The van der Waals surface area contributed by atoms with Gasteiger partial charge >= 0.3 is 0 Å². The molecule has 1 aliphatic rings. The molecule has 3 heteroatoms. The fraction of sp³-hybridized carbons (Fsp3) is 0.471. The van der Waals surface area contributed by atoms with Gasteiger partial charge in [-0.05, 0) is 29.0 Å². The Balaban J connectivity index is 1.96. The Morgan fingerprint density at radius 3 is 2.20 bits per heavy atom. The van der Waals surface area contributed by atoms with Gasteiger partial charge in [-0.15, -0.1) is 0 Å². The number of aliphatic hydroxyl groups excluding tert-OH is 1. The third kappa shape index (κ3) is 1.73. The van der Waals surface area contributed by atoms with Gasteiger partial charge in [0.15, 0.2) is 0 Å². The topological polar surface area (TPSA) is 38.1 Å². The molecule has 1 N–H and O–H groups in total. The zero-order chi connectivity index (χ0) is 14.5. The summed E-state index contributed by atoms with van der Waals surface area (Å²) in [6, 6.07) is 11.9. The van der Waals surface area contributed by atoms with Gasteiger partial charge in [-0.1, -0.05) is 45.9 Å². The van der Waals surface area contributed by atoms with Gasteiger partial charge in [-0.3, -0.25) is 0 Å². The van der Waals surface area contributed by atoms with Crippen molar-refractivity contribution in [2.75, 3.05) is 0 Å². The van der Waals surface area contributed by atoms with Crippen molar-refractivity contribution in [3.05, 3.63) is 48.3 Å². The average Bonchev–Trinajstić information content (AvgIpc) is 2.76. The number of aromatic nitrogens is 2. The molecule has 1 saturated carbocycles. The molecule has 3 nitrogen and oxygen atoms in total. The van der Waals surface area contributed by atoms with Gasteiger partial charge in [0, 0.05) is 12.1 Å². The number of aliphatic hydroxyl groups is 1. The molecule has 0 bridgehead atoms. The Morgan fingerprint density at radius 2 is 1.65 bits per heavy atom. The number of benzene rings is 1. The molecular weight excluding hydrogens is 248 g/mol. The molecule has 0 saturated heterocycles. The first-order chi connectivity index (χ1) is 9.37. The van der Waals surface area contributed by atoms with Gasteiger partial charge in [0.25, 0.3) is 0 Å². The summed E-state index contributed by atoms with van der Waals surface area (Å²) in [6.45, 7) is 8.91. The van der Waals surface area contributed by atoms with Crippen LogP contribution in [0.4, 0.5) is 0 Å². The Labute approximate surface area is 120 Å². The molecule has 1 fully saturated rings. The van der Waals surface area contributed by atoms with E-state index in [4.69, 9.17) is 0 Å². The SMILES string of the molecule is CC1(C)C(C(O)c2ccnn2-c2ccccc2)C1(C)C. The summed E-state index contributed by atoms with van der Waals surface area (Å²) in [4.78, 5) is 0. The minimum atomic E-state index is -0.484. The molecular formula is C17H22N2O. The lowest BCUT2D eigenvalue weighted by molar-refractivity contribution is 0.123. The first-order valence-electron chi connectivity index (χ1n) is 7.15. The van der Waals surface area contributed by atoms with Crippen LogP contribution in [0.15, 0.2) is 42.6 Å². The standard InChI is InChI=1S/C17H22N2O/c1-16(2)15(17(16,3)4)14(20)13-10-11-18-19(13)12-8-6-5-7-9-12/h5-11,14-15,20H,1-4H3. The van der Waals surface area contributed by atoms with E-state index in [-0.39, 0.29) is 16.7 Å². The quantitative estimate of drug-likeness (QED) is 0.925. The molecule has 0 spiro atoms. The summed E-state index contributed by atoms with van der Waals surface area (Å²) in [5.41, 5.74) is 2.17. The van der Waals surface area contributed by atoms with Crippen LogP contribution in [0.2, 0.25) is 0 Å². The summed E-state index contributed by atoms with van der Waals surface area (Å²) < 4.78 is 1.84. The fourth-order valence-corrected chi connectivity index (χ4v) is 3.53. The first kappa shape index (κ1) is 13.4. The van der Waals surface area contributed by atoms with Crippen molar-refractivity contribution in [2.24, 2.45) is 16.7 Å². The van der Waals surface area contributed by atoms with Crippen molar-refractivity contribution in [2.45, 2.75) is 33.8 Å². The van der Waals surface area contributed by atoms with E-state index < -0.39 is 6.10 Å². The van der Waals surface area contributed by atoms with E-state index in [9.17, 15) is 5.11 Å². The van der Waals surface area contributed by atoms with Crippen LogP contribution < -0.4 is 0 Å². The predicted octanol–water partition coefficient (Wildman–Crippen LogP) is 3.59. The summed E-state index contributed by atoms with van der Waals surface area (Å²) >= 11 is 0. The largest absolute Gasteiger partial charge is 0.386 e. The number of rotatable bonds is 3. The van der Waals surface area contributed by atoms with Crippen molar-refractivity contribution < 1.29 is 5.11 Å². The van der Waals surface area contributed by atoms with Gasteiger partial charge < -0.3 is 5.11 Å². The fourth-order valence-electron chi connectivity index (χ4n) is 3.53. The molecule has 0 aliphatic heterocycles. The molecule has 0 amide bonds. The smallest absolute Gasteiger partial charge is 0.0999 e. The molecule has 1 aliphatic carbocycles. The predicted molar refractivity (Wildman–Crippen MR) is 79.6 cm³/mol. The molecule has 2 aromatic rings. The maximum atomic E-state index is 10.8. The highest BCUT2D eigenvalue weighted by atomic mass is 16.3. The van der Waals surface area contributed by atoms with Crippen LogP contribution in [-0.4, -0.2) is 14.9 Å². The highest BCUT2D eigenvalue weighted by Gasteiger charge is 2.67. The van der Waals surface area contributed by atoms with Crippen LogP contribution in [0.1, 0.15) is 39.5 Å². The molecule has 1 unspecified atom stereocenters. The molecule has 1 aromatic heterocycles. The number of hydrogen-bond acceptors (Lipinski definition) is 2. The molecule has 20 heavy (non-hydrogen) atoms. The van der Waals surface area contributed by atoms with E-state index >= 15 is 0 Å². The highest BCUT2D eigenvalue weighted by Crippen LogP contribution is 2.72. The number of hydrogen-bond donors (Lipinski definition) is 1. The van der Waals surface area contributed by atoms with E-state index in [1.807, 2.05) is 41.1 Å². The third-order valence-corrected chi connectivity index (χ3v) is 5.42. The lowest BCUT2D eigenvalue weighted by Gasteiger charge is -2.15. The molecule has 1 heterocycles. The van der Waals surface area contributed by atoms with Crippen molar-refractivity contribution in [1.29, 1.82) is 0 Å². The number of nitrogens with zero attached hydrogens (tertiary/aromatic N) is 2. The second-order valence-corrected chi connectivity index (χ2v) is 6.87. The lowest BCUT2D eigenvalue weighted by Crippen LogP contribution is -2.12. The van der Waals surface area contributed by atoms with E-state index in [2.05, 4.69) is 32.8 Å². The molecule has 1 aromatic carbocycles. The third-order valence-electron chi connectivity index (χ3n) is 5.42. The van der Waals surface area contributed by atoms with Gasteiger partial charge in [0.05, 0.1) is 17.5 Å². The second kappa shape index (κ2) is 4.19. The Kier molecular flexibility index (Phi) is 2.80. The van der Waals surface area contributed by atoms with Crippen LogP contribution >= 0.6 is 0 Å². The van der Waals surface area contributed by atoms with Gasteiger partial charge in [0.2, 0.25) is 0 Å². The average molecular weight is 270 g/mol. The van der Waals surface area contributed by atoms with E-state index in [0.717, 1.165) is 11.4 Å². The van der Waals surface area contributed by atoms with Crippen molar-refractivity contribution in [3.63, 3.8) is 0 Å². The highest BCUT2D eigenvalue weighted by molar-refractivity contribution is 5.34. The van der Waals surface area contributed by atoms with E-state index in [0.29, 0.717) is 0 Å². The molecule has 3 rings (SSSR count). The summed E-state index contributed by atoms with van der Waals surface area (Å²) in [5, 5.41) is 15.2. The number of para-hydroxylation sites is 1. The van der Waals surface area contributed by atoms with Crippen LogP contribution in [0, 0.1) is 16.7 Å². The minimum Gasteiger partial charge on any atom is -0.386 e. The summed E-state index contributed by atoms with van der Waals surface area (Å²) in [6.07, 6.45) is 1.27. The van der Waals surface area contributed by atoms with Gasteiger partial charge in [0.1, 0.15) is 0 Å². The molecule has 0 radical (unpaired) electrons. The molecule has 106 valence electrons. The van der Waals surface area contributed by atoms with Gasteiger partial charge in [-0.25, -0.2) is 4.68 Å². The maximum absolute atomic E-state index is 10.8. The monoisotopic (exact) mass is 270 g/mol. The van der Waals surface area contributed by atoms with Crippen molar-refractivity contribution in [3.8, 4) is 5.69 Å². The first-order valence-corrected chi connectivity index (χ1v) is 7.15. The zero-order valence-electron chi connectivity index (χ0n) is 12.5. The zero-order valence-corrected chi connectivity index (χ0v) is 12.5. The van der Waals surface area contributed by atoms with Crippen molar-refractivity contribution >= 4 is 0 Å². The Bertz CT molecular complexity index is 599. The minimum absolute atomic E-state index is 0.151. The lowest BCUT2D eigenvalue weighted by atomic mass is 10.0. The van der Waals surface area contributed by atoms with Gasteiger partial charge in [-0.2, -0.15) is 5.10 Å². The van der Waals surface area contributed by atoms with E-state index in [1.54, 1.807) is 6.20 Å². The summed E-state index contributed by atoms with van der Waals surface area (Å²) in [5.74, 6) is 0.258. The van der Waals surface area contributed by atoms with E-state index in [1.165, 1.54) is 0 Å². The summed E-state index contributed by atoms with van der Waals surface area (Å²) in [7, 11) is 0. The molecule has 1 atom stereocenters. The second-order valence-electron chi connectivity index (χ2n) is 6.87. The van der Waals surface area contributed by atoms with Crippen LogP contribution in [0.3, 0.4) is 0 Å². The van der Waals surface area contributed by atoms with Crippen molar-refractivity contribution in [1.82, 2.24) is 9.78 Å². The Morgan fingerprint density at radius 1 is 1.05 bits per heavy atom. The van der Waals surface area contributed by atoms with Crippen LogP contribution in [-0.2, 0) is 0 Å². The maximum Gasteiger partial charge on any atom is 0.0999 e. The Hall–Kier alpha value is -1.61. The van der Waals surface area contributed by atoms with Crippen LogP contribution in [0.5, 0.6) is 0 Å². The van der Waals surface area contributed by atoms with Crippen LogP contribution in [0.25, 0.3) is 5.69 Å².